The molecule has 5 rings (SSSR count). The number of benzene rings is 5. The predicted molar refractivity (Wildman–Crippen MR) is 257 cm³/mol. The first kappa shape index (κ1) is 49.3. The number of carbonyl (C=O) groups excluding carboxylic acids is 4. The average Bonchev–Trinajstić information content (AvgIpc) is 3.29. The Morgan fingerprint density at radius 2 is 1.18 bits per heavy atom. The van der Waals surface area contributed by atoms with Crippen molar-refractivity contribution in [1.82, 2.24) is 16.0 Å². The van der Waals surface area contributed by atoms with Crippen molar-refractivity contribution in [3.8, 4) is 22.6 Å². The molecule has 5 aromatic rings. The number of amides is 3. The number of hydrogen-bond acceptors (Lipinski definition) is 9. The number of nitrogens with zero attached hydrogens (tertiary/aromatic N) is 1. The number of aliphatic imine (C=N–C) groups is 1. The van der Waals surface area contributed by atoms with Gasteiger partial charge in [-0.2, -0.15) is 0 Å². The number of rotatable bonds is 25. The highest BCUT2D eigenvalue weighted by atomic mass is 16.5. The van der Waals surface area contributed by atoms with Crippen LogP contribution in [0, 0.1) is 11.8 Å². The van der Waals surface area contributed by atoms with Crippen LogP contribution in [0.5, 0.6) is 11.5 Å². The van der Waals surface area contributed by atoms with Crippen LogP contribution in [-0.2, 0) is 30.5 Å². The molecule has 0 aromatic heterocycles. The molecule has 0 spiro atoms. The summed E-state index contributed by atoms with van der Waals surface area (Å²) in [7, 11) is 0. The highest BCUT2D eigenvalue weighted by Gasteiger charge is 2.31. The molecule has 14 heteroatoms. The lowest BCUT2D eigenvalue weighted by atomic mass is 9.92. The summed E-state index contributed by atoms with van der Waals surface area (Å²) in [6, 6.07) is 29.8. The van der Waals surface area contributed by atoms with Gasteiger partial charge in [0, 0.05) is 17.7 Å². The molecule has 0 aliphatic rings. The van der Waals surface area contributed by atoms with Crippen molar-refractivity contribution < 1.29 is 33.4 Å². The van der Waals surface area contributed by atoms with Gasteiger partial charge in [-0.25, -0.2) is 4.79 Å². The second kappa shape index (κ2) is 25.0. The Kier molecular flexibility index (Phi) is 19.0. The zero-order chi connectivity index (χ0) is 46.7. The fourth-order valence-corrected chi connectivity index (χ4v) is 7.46. The van der Waals surface area contributed by atoms with Gasteiger partial charge < -0.3 is 47.4 Å². The van der Waals surface area contributed by atoms with Crippen LogP contribution in [-0.4, -0.2) is 74.1 Å². The van der Waals surface area contributed by atoms with E-state index in [1.807, 2.05) is 111 Å². The number of nitrogens with one attached hydrogen (secondary N) is 3. The Morgan fingerprint density at radius 3 is 1.77 bits per heavy atom. The van der Waals surface area contributed by atoms with E-state index >= 15 is 0 Å². The van der Waals surface area contributed by atoms with Crippen LogP contribution in [0.15, 0.2) is 108 Å². The highest BCUT2D eigenvalue weighted by molar-refractivity contribution is 6.10. The maximum Gasteiger partial charge on any atom is 0.328 e. The molecule has 9 N–H and O–H groups in total. The van der Waals surface area contributed by atoms with Gasteiger partial charge in [-0.1, -0.05) is 119 Å². The first-order valence-corrected chi connectivity index (χ1v) is 22.5. The van der Waals surface area contributed by atoms with E-state index in [9.17, 15) is 19.2 Å². The number of guanidine groups is 1. The largest absolute Gasteiger partial charge is 0.493 e. The fourth-order valence-electron chi connectivity index (χ4n) is 7.46. The molecular weight excluding hydrogens is 823 g/mol. The second-order valence-corrected chi connectivity index (χ2v) is 17.0. The number of esters is 1. The van der Waals surface area contributed by atoms with E-state index in [1.165, 1.54) is 0 Å². The van der Waals surface area contributed by atoms with Crippen molar-refractivity contribution in [2.75, 3.05) is 26.3 Å². The standard InChI is InChI=1S/C51H65N7O7/c1-33(2)26-29-63-43-23-21-36-16-8-10-18-38(36)46(43)47-39-19-11-9-17-37(39)22-24-44(47)64-32-45(59)56-40(20-12-13-27-52)48(60)57-41(25-28-55-51(53)54)49(61)58-42(30-34(3)4)50(62)65-31-35-14-6-5-7-15-35/h5-11,14-19,21-24,33-34,40-42H,12-13,20,25-32,52H2,1-4H3,(H,56,59)(H,57,60)(H,58,61)(H4,53,54,55)/t40-,41-,42+/m1/s1. The van der Waals surface area contributed by atoms with Crippen molar-refractivity contribution in [2.24, 2.45) is 34.0 Å². The number of hydrogen-bond donors (Lipinski definition) is 6. The lowest BCUT2D eigenvalue weighted by molar-refractivity contribution is -0.150. The highest BCUT2D eigenvalue weighted by Crippen LogP contribution is 2.45. The van der Waals surface area contributed by atoms with Gasteiger partial charge in [0.1, 0.15) is 36.2 Å². The maximum absolute atomic E-state index is 14.1. The van der Waals surface area contributed by atoms with Gasteiger partial charge in [0.05, 0.1) is 6.61 Å². The molecule has 0 saturated carbocycles. The average molecular weight is 888 g/mol. The molecule has 0 aliphatic heterocycles. The Balaban J connectivity index is 1.37. The van der Waals surface area contributed by atoms with Gasteiger partial charge in [0.2, 0.25) is 11.8 Å². The third kappa shape index (κ3) is 15.0. The van der Waals surface area contributed by atoms with E-state index in [1.54, 1.807) is 0 Å². The zero-order valence-corrected chi connectivity index (χ0v) is 38.0. The second-order valence-electron chi connectivity index (χ2n) is 17.0. The molecule has 0 unspecified atom stereocenters. The predicted octanol–water partition coefficient (Wildman–Crippen LogP) is 6.50. The summed E-state index contributed by atoms with van der Waals surface area (Å²) in [5.41, 5.74) is 19.4. The van der Waals surface area contributed by atoms with Crippen LogP contribution in [0.2, 0.25) is 0 Å². The Bertz CT molecular complexity index is 2380. The summed E-state index contributed by atoms with van der Waals surface area (Å²) < 4.78 is 18.4. The van der Waals surface area contributed by atoms with Crippen molar-refractivity contribution in [1.29, 1.82) is 0 Å². The third-order valence-corrected chi connectivity index (χ3v) is 10.8. The summed E-state index contributed by atoms with van der Waals surface area (Å²) in [6.07, 6.45) is 2.50. The van der Waals surface area contributed by atoms with Gasteiger partial charge in [-0.05, 0) is 96.1 Å². The van der Waals surface area contributed by atoms with Crippen LogP contribution < -0.4 is 42.6 Å². The van der Waals surface area contributed by atoms with E-state index in [-0.39, 0.29) is 44.3 Å². The van der Waals surface area contributed by atoms with Gasteiger partial charge in [0.15, 0.2) is 12.6 Å². The van der Waals surface area contributed by atoms with Crippen LogP contribution in [0.1, 0.15) is 71.8 Å². The quantitative estimate of drug-likeness (QED) is 0.0162. The minimum atomic E-state index is -1.18. The van der Waals surface area contributed by atoms with E-state index in [0.717, 1.165) is 44.7 Å². The Morgan fingerprint density at radius 1 is 0.615 bits per heavy atom. The SMILES string of the molecule is CC(C)CCOc1ccc2ccccc2c1-c1c(OCC(=O)N[C@H](CCCCN)C(=O)N[C@H](CCN=C(N)N)C(=O)N[C@@H](CC(C)C)C(=O)OCc2ccccc2)ccc2ccccc12. The Hall–Kier alpha value is -6.67. The molecule has 0 saturated heterocycles. The maximum atomic E-state index is 14.1. The van der Waals surface area contributed by atoms with Crippen molar-refractivity contribution in [3.63, 3.8) is 0 Å². The molecule has 0 aliphatic carbocycles. The number of carbonyl (C=O) groups is 4. The molecule has 0 radical (unpaired) electrons. The Labute approximate surface area is 382 Å². The van der Waals surface area contributed by atoms with E-state index in [2.05, 4.69) is 40.9 Å². The van der Waals surface area contributed by atoms with Crippen LogP contribution >= 0.6 is 0 Å². The van der Waals surface area contributed by atoms with Gasteiger partial charge in [-0.15, -0.1) is 0 Å². The monoisotopic (exact) mass is 887 g/mol. The van der Waals surface area contributed by atoms with Crippen LogP contribution in [0.3, 0.4) is 0 Å². The summed E-state index contributed by atoms with van der Waals surface area (Å²) in [5, 5.41) is 12.3. The minimum Gasteiger partial charge on any atom is -0.493 e. The molecule has 0 bridgehead atoms. The van der Waals surface area contributed by atoms with Crippen LogP contribution in [0.4, 0.5) is 0 Å². The van der Waals surface area contributed by atoms with E-state index in [0.29, 0.717) is 43.4 Å². The lowest BCUT2D eigenvalue weighted by Gasteiger charge is -2.25. The smallest absolute Gasteiger partial charge is 0.328 e. The van der Waals surface area contributed by atoms with Crippen LogP contribution in [0.25, 0.3) is 32.7 Å². The van der Waals surface area contributed by atoms with Gasteiger partial charge in [0.25, 0.3) is 5.91 Å². The molecule has 3 amide bonds. The molecule has 14 nitrogen and oxygen atoms in total. The molecule has 0 heterocycles. The van der Waals surface area contributed by atoms with Crippen molar-refractivity contribution in [2.45, 2.75) is 91.0 Å². The number of ether oxygens (including phenoxy) is 3. The van der Waals surface area contributed by atoms with Crippen molar-refractivity contribution in [3.05, 3.63) is 109 Å². The van der Waals surface area contributed by atoms with E-state index < -0.39 is 48.4 Å². The topological polar surface area (TPSA) is 222 Å². The molecule has 346 valence electrons. The number of nitrogens with two attached hydrogens (primary N) is 3. The molecular formula is C51H65N7O7. The first-order valence-electron chi connectivity index (χ1n) is 22.5. The minimum absolute atomic E-state index is 0.00130. The molecule has 5 aromatic carbocycles. The summed E-state index contributed by atoms with van der Waals surface area (Å²) in [6.45, 7) is 8.67. The normalized spacial score (nSPS) is 12.6. The summed E-state index contributed by atoms with van der Waals surface area (Å²) in [4.78, 5) is 59.3. The van der Waals surface area contributed by atoms with E-state index in [4.69, 9.17) is 31.4 Å². The third-order valence-electron chi connectivity index (χ3n) is 10.8. The molecule has 3 atom stereocenters. The number of fused-ring (bicyclic) bond motifs is 2. The summed E-state index contributed by atoms with van der Waals surface area (Å²) in [5.74, 6) is -0.964. The summed E-state index contributed by atoms with van der Waals surface area (Å²) >= 11 is 0. The van der Waals surface area contributed by atoms with Gasteiger partial charge >= 0.3 is 5.97 Å². The fraction of sp³-hybridized carbons (Fsp3) is 0.392. The molecule has 65 heavy (non-hydrogen) atoms. The molecule has 0 fully saturated rings. The zero-order valence-electron chi connectivity index (χ0n) is 38.0. The first-order chi connectivity index (χ1) is 31.3. The van der Waals surface area contributed by atoms with Gasteiger partial charge in [-0.3, -0.25) is 19.4 Å². The van der Waals surface area contributed by atoms with Crippen molar-refractivity contribution >= 4 is 51.2 Å². The lowest BCUT2D eigenvalue weighted by Crippen LogP contribution is -2.56. The number of unbranched alkanes of at least 4 members (excludes halogenated alkanes) is 1.